The number of nitrogens with zero attached hydrogens (tertiary/aromatic N) is 1. The Balaban J connectivity index is 1.51. The van der Waals surface area contributed by atoms with Gasteiger partial charge in [-0.15, -0.1) is 0 Å². The molecule has 0 bridgehead atoms. The van der Waals surface area contributed by atoms with E-state index >= 15 is 0 Å². The van der Waals surface area contributed by atoms with Crippen LogP contribution in [0.4, 0.5) is 5.69 Å². The number of carbonyl (C=O) groups excluding carboxylic acids is 2. The van der Waals surface area contributed by atoms with Crippen LogP contribution in [0.3, 0.4) is 0 Å². The molecule has 1 aliphatic heterocycles. The quantitative estimate of drug-likeness (QED) is 0.484. The van der Waals surface area contributed by atoms with Crippen LogP contribution in [0, 0.1) is 11.3 Å². The maximum absolute atomic E-state index is 12.3. The zero-order valence-corrected chi connectivity index (χ0v) is 17.5. The number of amides is 2. The van der Waals surface area contributed by atoms with Gasteiger partial charge in [-0.1, -0.05) is 29.8 Å². The molecule has 0 aliphatic carbocycles. The van der Waals surface area contributed by atoms with Crippen LogP contribution in [0.5, 0.6) is 5.75 Å². The predicted octanol–water partition coefficient (Wildman–Crippen LogP) is 3.56. The molecule has 31 heavy (non-hydrogen) atoms. The summed E-state index contributed by atoms with van der Waals surface area (Å²) in [5.41, 5.74) is 1.09. The lowest BCUT2D eigenvalue weighted by molar-refractivity contribution is -0.123. The fourth-order valence-corrected chi connectivity index (χ4v) is 3.16. The molecular formula is C23H22ClN3O4. The minimum atomic E-state index is -0.534. The van der Waals surface area contributed by atoms with Crippen LogP contribution < -0.4 is 15.4 Å². The van der Waals surface area contributed by atoms with Crippen LogP contribution >= 0.6 is 11.6 Å². The van der Waals surface area contributed by atoms with Gasteiger partial charge in [0.1, 0.15) is 17.4 Å². The average molecular weight is 440 g/mol. The largest absolute Gasteiger partial charge is 0.484 e. The van der Waals surface area contributed by atoms with Gasteiger partial charge in [-0.2, -0.15) is 5.26 Å². The van der Waals surface area contributed by atoms with Gasteiger partial charge in [0.25, 0.3) is 11.8 Å². The summed E-state index contributed by atoms with van der Waals surface area (Å²) in [5.74, 6) is -0.247. The van der Waals surface area contributed by atoms with Crippen molar-refractivity contribution in [1.82, 2.24) is 5.32 Å². The van der Waals surface area contributed by atoms with E-state index in [0.717, 1.165) is 19.4 Å². The normalized spacial score (nSPS) is 15.7. The number of nitriles is 1. The number of benzene rings is 2. The molecule has 8 heteroatoms. The molecule has 1 fully saturated rings. The molecule has 2 aromatic carbocycles. The van der Waals surface area contributed by atoms with E-state index in [4.69, 9.17) is 21.1 Å². The van der Waals surface area contributed by atoms with E-state index in [1.54, 1.807) is 48.5 Å². The van der Waals surface area contributed by atoms with E-state index in [2.05, 4.69) is 10.6 Å². The van der Waals surface area contributed by atoms with Crippen molar-refractivity contribution in [2.75, 3.05) is 25.1 Å². The van der Waals surface area contributed by atoms with E-state index in [1.165, 1.54) is 6.08 Å². The Hall–Kier alpha value is -3.34. The summed E-state index contributed by atoms with van der Waals surface area (Å²) in [4.78, 5) is 24.2. The summed E-state index contributed by atoms with van der Waals surface area (Å²) in [6.07, 6.45) is 3.53. The van der Waals surface area contributed by atoms with E-state index in [0.29, 0.717) is 28.6 Å². The molecule has 2 amide bonds. The summed E-state index contributed by atoms with van der Waals surface area (Å²) >= 11 is 5.91. The van der Waals surface area contributed by atoms with Gasteiger partial charge in [0.15, 0.2) is 6.61 Å². The van der Waals surface area contributed by atoms with Crippen LogP contribution in [0.1, 0.15) is 18.4 Å². The van der Waals surface area contributed by atoms with Crippen LogP contribution in [0.25, 0.3) is 6.08 Å². The first kappa shape index (κ1) is 22.3. The van der Waals surface area contributed by atoms with Crippen molar-refractivity contribution in [3.05, 3.63) is 64.7 Å². The molecule has 1 aliphatic rings. The Bertz CT molecular complexity index is 993. The van der Waals surface area contributed by atoms with Crippen molar-refractivity contribution in [3.63, 3.8) is 0 Å². The van der Waals surface area contributed by atoms with Gasteiger partial charge in [-0.3, -0.25) is 9.59 Å². The lowest BCUT2D eigenvalue weighted by Gasteiger charge is -2.11. The second kappa shape index (κ2) is 11.2. The maximum atomic E-state index is 12.3. The molecule has 7 nitrogen and oxygen atoms in total. The molecule has 0 aromatic heterocycles. The Labute approximate surface area is 185 Å². The highest BCUT2D eigenvalue weighted by atomic mass is 35.5. The van der Waals surface area contributed by atoms with Gasteiger partial charge in [0.05, 0.1) is 6.10 Å². The minimum Gasteiger partial charge on any atom is -0.484 e. The molecule has 3 rings (SSSR count). The zero-order valence-electron chi connectivity index (χ0n) is 16.8. The number of nitrogens with one attached hydrogen (secondary N) is 2. The summed E-state index contributed by atoms with van der Waals surface area (Å²) in [7, 11) is 0. The number of anilines is 1. The Morgan fingerprint density at radius 3 is 2.74 bits per heavy atom. The van der Waals surface area contributed by atoms with Crippen molar-refractivity contribution < 1.29 is 19.1 Å². The second-order valence-electron chi connectivity index (χ2n) is 6.93. The zero-order chi connectivity index (χ0) is 22.1. The number of hydrogen-bond donors (Lipinski definition) is 2. The summed E-state index contributed by atoms with van der Waals surface area (Å²) in [6.45, 7) is 1.13. The fourth-order valence-electron chi connectivity index (χ4n) is 2.97. The molecule has 160 valence electrons. The molecule has 1 atom stereocenters. The lowest BCUT2D eigenvalue weighted by atomic mass is 10.1. The minimum absolute atomic E-state index is 0.0536. The van der Waals surface area contributed by atoms with Crippen molar-refractivity contribution >= 4 is 35.2 Å². The average Bonchev–Trinajstić information content (AvgIpc) is 3.29. The number of carbonyl (C=O) groups is 2. The first-order valence-electron chi connectivity index (χ1n) is 9.83. The third-order valence-corrected chi connectivity index (χ3v) is 4.79. The predicted molar refractivity (Wildman–Crippen MR) is 118 cm³/mol. The second-order valence-corrected chi connectivity index (χ2v) is 7.37. The molecule has 0 radical (unpaired) electrons. The standard InChI is InChI=1S/C23H22ClN3O4/c24-18-3-1-4-19(12-18)27-23(29)17(13-25)11-16-6-8-20(9-7-16)31-15-22(28)26-14-21-5-2-10-30-21/h1,3-4,6-9,11-12,21H,2,5,10,14-15H2,(H,26,28)(H,27,29)/b17-11+/t21-/m0/s1. The first-order valence-corrected chi connectivity index (χ1v) is 10.2. The third-order valence-electron chi connectivity index (χ3n) is 4.56. The van der Waals surface area contributed by atoms with Gasteiger partial charge in [-0.05, 0) is 54.8 Å². The molecule has 2 N–H and O–H groups in total. The van der Waals surface area contributed by atoms with Crippen LogP contribution in [0.2, 0.25) is 5.02 Å². The van der Waals surface area contributed by atoms with Crippen molar-refractivity contribution in [2.24, 2.45) is 0 Å². The highest BCUT2D eigenvalue weighted by Crippen LogP contribution is 2.18. The van der Waals surface area contributed by atoms with Crippen molar-refractivity contribution in [2.45, 2.75) is 18.9 Å². The van der Waals surface area contributed by atoms with E-state index < -0.39 is 5.91 Å². The number of ether oxygens (including phenoxy) is 2. The Kier molecular flexibility index (Phi) is 8.05. The van der Waals surface area contributed by atoms with Crippen LogP contribution in [0.15, 0.2) is 54.1 Å². The smallest absolute Gasteiger partial charge is 0.266 e. The van der Waals surface area contributed by atoms with Gasteiger partial charge < -0.3 is 20.1 Å². The molecule has 0 spiro atoms. The molecule has 0 unspecified atom stereocenters. The maximum Gasteiger partial charge on any atom is 0.266 e. The Morgan fingerprint density at radius 2 is 2.06 bits per heavy atom. The lowest BCUT2D eigenvalue weighted by Crippen LogP contribution is -2.35. The monoisotopic (exact) mass is 439 g/mol. The summed E-state index contributed by atoms with van der Waals surface area (Å²) < 4.78 is 10.9. The fraction of sp³-hybridized carbons (Fsp3) is 0.261. The van der Waals surface area contributed by atoms with E-state index in [-0.39, 0.29) is 24.2 Å². The molecule has 1 saturated heterocycles. The van der Waals surface area contributed by atoms with Gasteiger partial charge >= 0.3 is 0 Å². The van der Waals surface area contributed by atoms with Crippen LogP contribution in [-0.4, -0.2) is 37.7 Å². The van der Waals surface area contributed by atoms with Crippen LogP contribution in [-0.2, 0) is 14.3 Å². The SMILES string of the molecule is N#C/C(=C\c1ccc(OCC(=O)NC[C@@H]2CCCO2)cc1)C(=O)Nc1cccc(Cl)c1. The van der Waals surface area contributed by atoms with E-state index in [9.17, 15) is 14.9 Å². The molecule has 2 aromatic rings. The highest BCUT2D eigenvalue weighted by Gasteiger charge is 2.16. The van der Waals surface area contributed by atoms with Gasteiger partial charge in [0.2, 0.25) is 0 Å². The number of rotatable bonds is 8. The number of halogens is 1. The molecular weight excluding hydrogens is 418 g/mol. The molecule has 1 heterocycles. The Morgan fingerprint density at radius 1 is 1.26 bits per heavy atom. The van der Waals surface area contributed by atoms with E-state index in [1.807, 2.05) is 6.07 Å². The van der Waals surface area contributed by atoms with Crippen molar-refractivity contribution in [3.8, 4) is 11.8 Å². The van der Waals surface area contributed by atoms with Crippen molar-refractivity contribution in [1.29, 1.82) is 5.26 Å². The van der Waals surface area contributed by atoms with Gasteiger partial charge in [0, 0.05) is 23.9 Å². The third kappa shape index (κ3) is 7.14. The van der Waals surface area contributed by atoms with Gasteiger partial charge in [-0.25, -0.2) is 0 Å². The number of hydrogen-bond acceptors (Lipinski definition) is 5. The highest BCUT2D eigenvalue weighted by molar-refractivity contribution is 6.31. The first-order chi connectivity index (χ1) is 15.0. The molecule has 0 saturated carbocycles. The summed E-state index contributed by atoms with van der Waals surface area (Å²) in [5, 5.41) is 15.2. The topological polar surface area (TPSA) is 100 Å². The summed E-state index contributed by atoms with van der Waals surface area (Å²) in [6, 6.07) is 15.3.